The third kappa shape index (κ3) is 2.33. The number of fused-ring (bicyclic) bond motifs is 1. The monoisotopic (exact) mass is 327 g/mol. The second-order valence-corrected chi connectivity index (χ2v) is 6.82. The van der Waals surface area contributed by atoms with Gasteiger partial charge in [-0.3, -0.25) is 14.4 Å². The van der Waals surface area contributed by atoms with Gasteiger partial charge in [0.2, 0.25) is 0 Å². The van der Waals surface area contributed by atoms with Gasteiger partial charge >= 0.3 is 0 Å². The van der Waals surface area contributed by atoms with Crippen molar-refractivity contribution in [2.75, 3.05) is 13.7 Å². The van der Waals surface area contributed by atoms with Crippen molar-refractivity contribution in [3.63, 3.8) is 0 Å². The van der Waals surface area contributed by atoms with Gasteiger partial charge in [0.1, 0.15) is 0 Å². The third-order valence-electron chi connectivity index (χ3n) is 5.53. The molecule has 1 heterocycles. The molecule has 24 heavy (non-hydrogen) atoms. The highest BCUT2D eigenvalue weighted by molar-refractivity contribution is 6.13. The van der Waals surface area contributed by atoms with Crippen molar-refractivity contribution in [3.05, 3.63) is 22.8 Å². The topological polar surface area (TPSA) is 63.7 Å². The van der Waals surface area contributed by atoms with Crippen LogP contribution in [-0.2, 0) is 19.1 Å². The Hall–Kier alpha value is -2.19. The minimum absolute atomic E-state index is 0.0312. The van der Waals surface area contributed by atoms with Gasteiger partial charge in [-0.25, -0.2) is 0 Å². The smallest absolute Gasteiger partial charge is 0.255 e. The van der Waals surface area contributed by atoms with Crippen LogP contribution in [0.5, 0.6) is 0 Å². The maximum Gasteiger partial charge on any atom is 0.255 e. The average Bonchev–Trinajstić information content (AvgIpc) is 2.55. The van der Waals surface area contributed by atoms with Crippen LogP contribution in [-0.4, -0.2) is 48.2 Å². The quantitative estimate of drug-likeness (QED) is 0.445. The number of carbonyl (C=O) groups is 3. The molecule has 3 aliphatic rings. The molecule has 0 N–H and O–H groups in total. The number of allylic oxidation sites excluding steroid dienone is 3. The van der Waals surface area contributed by atoms with E-state index in [9.17, 15) is 14.4 Å². The lowest BCUT2D eigenvalue weighted by Crippen LogP contribution is -2.67. The molecule has 1 amide bonds. The first-order valence-corrected chi connectivity index (χ1v) is 8.12. The Morgan fingerprint density at radius 3 is 2.42 bits per heavy atom. The molecule has 0 aromatic carbocycles. The minimum Gasteiger partial charge on any atom is -0.369 e. The number of carbonyl (C=O) groups excluding carboxylic acids is 3. The lowest BCUT2D eigenvalue weighted by atomic mass is 9.66. The Morgan fingerprint density at radius 1 is 1.21 bits per heavy atom. The number of terminal acetylenes is 1. The van der Waals surface area contributed by atoms with E-state index >= 15 is 0 Å². The van der Waals surface area contributed by atoms with Gasteiger partial charge in [-0.1, -0.05) is 17.1 Å². The van der Waals surface area contributed by atoms with Crippen LogP contribution in [0.15, 0.2) is 22.8 Å². The minimum atomic E-state index is -0.736. The second-order valence-electron chi connectivity index (χ2n) is 6.82. The van der Waals surface area contributed by atoms with E-state index in [1.165, 1.54) is 29.2 Å². The standard InChI is InChI=1S/C19H21NO4/c1-5-6-20-16(18(24-4)19(20)23)14-9-15(21)12-7-10(2)11(3)8-13(12)17(14)22/h1,9,12-13,16,18H,6-8H2,2-4H3/t12-,13+,16-,18+/m1/s1. The highest BCUT2D eigenvalue weighted by atomic mass is 16.5. The Kier molecular flexibility index (Phi) is 4.18. The first-order chi connectivity index (χ1) is 11.4. The van der Waals surface area contributed by atoms with Crippen molar-refractivity contribution in [2.45, 2.75) is 38.8 Å². The molecule has 0 saturated carbocycles. The van der Waals surface area contributed by atoms with Crippen LogP contribution in [0.3, 0.4) is 0 Å². The van der Waals surface area contributed by atoms with Crippen LogP contribution >= 0.6 is 0 Å². The van der Waals surface area contributed by atoms with E-state index in [2.05, 4.69) is 5.92 Å². The molecule has 126 valence electrons. The Bertz CT molecular complexity index is 724. The Labute approximate surface area is 141 Å². The molecular formula is C19H21NO4. The number of hydrogen-bond acceptors (Lipinski definition) is 4. The Morgan fingerprint density at radius 2 is 1.83 bits per heavy atom. The first kappa shape index (κ1) is 16.7. The number of methoxy groups -OCH3 is 1. The van der Waals surface area contributed by atoms with Gasteiger partial charge in [0.25, 0.3) is 5.91 Å². The number of likely N-dealkylation sites (tertiary alicyclic amines) is 1. The summed E-state index contributed by atoms with van der Waals surface area (Å²) in [6.07, 6.45) is 7.24. The lowest BCUT2D eigenvalue weighted by Gasteiger charge is -2.47. The molecule has 0 aromatic rings. The zero-order valence-electron chi connectivity index (χ0n) is 14.2. The summed E-state index contributed by atoms with van der Waals surface area (Å²) in [7, 11) is 1.43. The van der Waals surface area contributed by atoms with Gasteiger partial charge in [-0.2, -0.15) is 0 Å². The van der Waals surface area contributed by atoms with Gasteiger partial charge < -0.3 is 9.64 Å². The molecular weight excluding hydrogens is 306 g/mol. The van der Waals surface area contributed by atoms with Gasteiger partial charge in [-0.05, 0) is 32.8 Å². The SMILES string of the molecule is C#CCN1C(=O)[C@@H](OC)[C@H]1C1=CC(=O)[C@@H]2CC(C)=C(C)C[C@@H]2C1=O. The number of ketones is 2. The highest BCUT2D eigenvalue weighted by Gasteiger charge is 2.54. The molecule has 0 unspecified atom stereocenters. The summed E-state index contributed by atoms with van der Waals surface area (Å²) in [5.74, 6) is 1.50. The van der Waals surface area contributed by atoms with Crippen molar-refractivity contribution in [3.8, 4) is 12.3 Å². The Balaban J connectivity index is 1.94. The van der Waals surface area contributed by atoms with E-state index in [4.69, 9.17) is 11.2 Å². The van der Waals surface area contributed by atoms with E-state index in [0.29, 0.717) is 18.4 Å². The van der Waals surface area contributed by atoms with Crippen LogP contribution in [0, 0.1) is 24.2 Å². The van der Waals surface area contributed by atoms with E-state index in [1.54, 1.807) is 0 Å². The molecule has 1 fully saturated rings. The van der Waals surface area contributed by atoms with Gasteiger partial charge in [0.15, 0.2) is 17.7 Å². The van der Waals surface area contributed by atoms with Crippen LogP contribution in [0.25, 0.3) is 0 Å². The normalized spacial score (nSPS) is 33.0. The fourth-order valence-corrected chi connectivity index (χ4v) is 4.00. The summed E-state index contributed by atoms with van der Waals surface area (Å²) in [5.41, 5.74) is 2.74. The maximum absolute atomic E-state index is 13.0. The van der Waals surface area contributed by atoms with Crippen LogP contribution in [0.4, 0.5) is 0 Å². The largest absolute Gasteiger partial charge is 0.369 e. The molecule has 1 aliphatic heterocycles. The van der Waals surface area contributed by atoms with Crippen LogP contribution in [0.1, 0.15) is 26.7 Å². The summed E-state index contributed by atoms with van der Waals surface area (Å²) in [6, 6.07) is -0.553. The number of hydrogen-bond donors (Lipinski definition) is 0. The second kappa shape index (κ2) is 6.03. The van der Waals surface area contributed by atoms with Crippen molar-refractivity contribution in [1.29, 1.82) is 0 Å². The summed E-state index contributed by atoms with van der Waals surface area (Å²) in [5, 5.41) is 0. The zero-order chi connectivity index (χ0) is 17.6. The number of amides is 1. The molecule has 0 bridgehead atoms. The van der Waals surface area contributed by atoms with E-state index < -0.39 is 12.1 Å². The van der Waals surface area contributed by atoms with Crippen LogP contribution in [0.2, 0.25) is 0 Å². The molecule has 0 aromatic heterocycles. The van der Waals surface area contributed by atoms with Crippen LogP contribution < -0.4 is 0 Å². The fraction of sp³-hybridized carbons (Fsp3) is 0.526. The zero-order valence-corrected chi connectivity index (χ0v) is 14.2. The molecule has 0 spiro atoms. The van der Waals surface area contributed by atoms with E-state index in [1.807, 2.05) is 13.8 Å². The fourth-order valence-electron chi connectivity index (χ4n) is 4.00. The molecule has 4 atom stereocenters. The molecule has 0 radical (unpaired) electrons. The van der Waals surface area contributed by atoms with Crippen molar-refractivity contribution >= 4 is 17.5 Å². The molecule has 1 saturated heterocycles. The number of β-lactam (4-membered cyclic amide) rings is 1. The third-order valence-corrected chi connectivity index (χ3v) is 5.53. The van der Waals surface area contributed by atoms with E-state index in [-0.39, 0.29) is 35.9 Å². The molecule has 2 aliphatic carbocycles. The van der Waals surface area contributed by atoms with Crippen molar-refractivity contribution < 1.29 is 19.1 Å². The number of rotatable bonds is 3. The van der Waals surface area contributed by atoms with Gasteiger partial charge in [0.05, 0.1) is 12.6 Å². The van der Waals surface area contributed by atoms with Crippen molar-refractivity contribution in [2.24, 2.45) is 11.8 Å². The van der Waals surface area contributed by atoms with E-state index in [0.717, 1.165) is 0 Å². The summed E-state index contributed by atoms with van der Waals surface area (Å²) in [6.45, 7) is 4.13. The van der Waals surface area contributed by atoms with Gasteiger partial charge in [0, 0.05) is 24.5 Å². The number of Topliss-reactive ketones (excluding diaryl/α,β-unsaturated/α-hetero) is 1. The summed E-state index contributed by atoms with van der Waals surface area (Å²) < 4.78 is 5.23. The molecule has 5 nitrogen and oxygen atoms in total. The lowest BCUT2D eigenvalue weighted by molar-refractivity contribution is -0.166. The number of nitrogens with zero attached hydrogens (tertiary/aromatic N) is 1. The molecule has 3 rings (SSSR count). The molecule has 5 heteroatoms. The predicted octanol–water partition coefficient (Wildman–Crippen LogP) is 1.29. The predicted molar refractivity (Wildman–Crippen MR) is 87.8 cm³/mol. The summed E-state index contributed by atoms with van der Waals surface area (Å²) in [4.78, 5) is 39.1. The first-order valence-electron chi connectivity index (χ1n) is 8.12. The van der Waals surface area contributed by atoms with Gasteiger partial charge in [-0.15, -0.1) is 6.42 Å². The maximum atomic E-state index is 13.0. The number of ether oxygens (including phenoxy) is 1. The average molecular weight is 327 g/mol. The summed E-state index contributed by atoms with van der Waals surface area (Å²) >= 11 is 0. The highest BCUT2D eigenvalue weighted by Crippen LogP contribution is 2.42. The van der Waals surface area contributed by atoms with Crippen molar-refractivity contribution in [1.82, 2.24) is 4.90 Å².